The Morgan fingerprint density at radius 2 is 1.61 bits per heavy atom. The molecule has 0 aliphatic rings. The summed E-state index contributed by atoms with van der Waals surface area (Å²) in [4.78, 5) is 3.16. The summed E-state index contributed by atoms with van der Waals surface area (Å²) in [5, 5.41) is 0.0935. The molecule has 0 atom stereocenters. The predicted molar refractivity (Wildman–Crippen MR) is 50.6 cm³/mol. The minimum Gasteiger partial charge on any atom is -0.243 e. The number of pyridine rings is 1. The third kappa shape index (κ3) is 2.39. The van der Waals surface area contributed by atoms with Crippen LogP contribution in [-0.2, 0) is 12.4 Å². The highest BCUT2D eigenvalue weighted by molar-refractivity contribution is 5.78. The Balaban J connectivity index is 2.61. The lowest BCUT2D eigenvalue weighted by Gasteiger charge is -2.09. The van der Waals surface area contributed by atoms with E-state index in [1.807, 2.05) is 0 Å². The standard InChI is InChI=1S/C11H4F6N/c12-10(13,14)7-3-1-6-2-4-9(11(15,16)17)18-8(6)5-7/h1,3-5H. The van der Waals surface area contributed by atoms with Crippen molar-refractivity contribution in [2.75, 3.05) is 0 Å². The lowest BCUT2D eigenvalue weighted by Crippen LogP contribution is -2.08. The van der Waals surface area contributed by atoms with Crippen LogP contribution in [0.4, 0.5) is 26.3 Å². The summed E-state index contributed by atoms with van der Waals surface area (Å²) >= 11 is 0. The highest BCUT2D eigenvalue weighted by Crippen LogP contribution is 2.32. The van der Waals surface area contributed by atoms with Crippen LogP contribution in [0.3, 0.4) is 0 Å². The Bertz CT molecular complexity index is 535. The summed E-state index contributed by atoms with van der Waals surface area (Å²) in [5.74, 6) is 0. The molecule has 2 aromatic rings. The number of alkyl halides is 6. The molecule has 95 valence electrons. The normalized spacial score (nSPS) is 13.0. The number of benzene rings is 1. The number of aromatic nitrogens is 1. The number of rotatable bonds is 0. The van der Waals surface area contributed by atoms with Gasteiger partial charge in [-0.05, 0) is 24.3 Å². The molecule has 0 unspecified atom stereocenters. The molecule has 0 bridgehead atoms. The van der Waals surface area contributed by atoms with E-state index in [1.165, 1.54) is 0 Å². The van der Waals surface area contributed by atoms with Crippen LogP contribution in [-0.4, -0.2) is 4.98 Å². The van der Waals surface area contributed by atoms with Crippen molar-refractivity contribution in [1.29, 1.82) is 0 Å². The largest absolute Gasteiger partial charge is 0.433 e. The fourth-order valence-corrected chi connectivity index (χ4v) is 1.38. The van der Waals surface area contributed by atoms with Gasteiger partial charge >= 0.3 is 12.4 Å². The maximum Gasteiger partial charge on any atom is 0.433 e. The van der Waals surface area contributed by atoms with Crippen molar-refractivity contribution in [2.45, 2.75) is 12.4 Å². The van der Waals surface area contributed by atoms with Crippen LogP contribution in [0.25, 0.3) is 10.9 Å². The van der Waals surface area contributed by atoms with Crippen molar-refractivity contribution in [3.8, 4) is 0 Å². The van der Waals surface area contributed by atoms with E-state index >= 15 is 0 Å². The van der Waals surface area contributed by atoms with Crippen molar-refractivity contribution in [2.24, 2.45) is 0 Å². The average Bonchev–Trinajstić information content (AvgIpc) is 2.25. The smallest absolute Gasteiger partial charge is 0.243 e. The Morgan fingerprint density at radius 3 is 2.17 bits per heavy atom. The van der Waals surface area contributed by atoms with Crippen molar-refractivity contribution in [3.05, 3.63) is 41.6 Å². The Kier molecular flexibility index (Phi) is 2.71. The molecule has 18 heavy (non-hydrogen) atoms. The first-order valence-electron chi connectivity index (χ1n) is 4.65. The second kappa shape index (κ2) is 3.86. The molecule has 0 saturated heterocycles. The number of fused-ring (bicyclic) bond motifs is 1. The van der Waals surface area contributed by atoms with Crippen molar-refractivity contribution < 1.29 is 26.3 Å². The van der Waals surface area contributed by atoms with E-state index in [2.05, 4.69) is 11.1 Å². The molecule has 0 fully saturated rings. The molecule has 0 N–H and O–H groups in total. The Labute approximate surface area is 97.1 Å². The molecule has 1 heterocycles. The number of hydrogen-bond acceptors (Lipinski definition) is 1. The van der Waals surface area contributed by atoms with Crippen LogP contribution in [0.2, 0.25) is 0 Å². The molecule has 0 aliphatic heterocycles. The maximum atomic E-state index is 12.4. The second-order valence-electron chi connectivity index (χ2n) is 3.51. The van der Waals surface area contributed by atoms with Crippen LogP contribution in [0.5, 0.6) is 0 Å². The van der Waals surface area contributed by atoms with Crippen molar-refractivity contribution >= 4 is 10.9 Å². The van der Waals surface area contributed by atoms with Gasteiger partial charge in [0.1, 0.15) is 5.69 Å². The van der Waals surface area contributed by atoms with Gasteiger partial charge in [0.15, 0.2) is 0 Å². The van der Waals surface area contributed by atoms with Gasteiger partial charge < -0.3 is 0 Å². The first-order valence-corrected chi connectivity index (χ1v) is 4.65. The first kappa shape index (κ1) is 12.7. The molecule has 0 saturated carbocycles. The molecule has 1 nitrogen and oxygen atoms in total. The average molecular weight is 264 g/mol. The van der Waals surface area contributed by atoms with Crippen LogP contribution in [0.1, 0.15) is 11.3 Å². The van der Waals surface area contributed by atoms with Gasteiger partial charge in [-0.3, -0.25) is 0 Å². The van der Waals surface area contributed by atoms with Crippen LogP contribution in [0, 0.1) is 6.07 Å². The first-order chi connectivity index (χ1) is 8.18. The second-order valence-corrected chi connectivity index (χ2v) is 3.51. The summed E-state index contributed by atoms with van der Waals surface area (Å²) in [6.07, 6.45) is -9.33. The third-order valence-corrected chi connectivity index (χ3v) is 2.22. The van der Waals surface area contributed by atoms with Gasteiger partial charge in [0.05, 0.1) is 11.1 Å². The van der Waals surface area contributed by atoms with Crippen molar-refractivity contribution in [1.82, 2.24) is 4.98 Å². The van der Waals surface area contributed by atoms with E-state index in [-0.39, 0.29) is 10.9 Å². The van der Waals surface area contributed by atoms with Crippen LogP contribution in [0.15, 0.2) is 24.3 Å². The molecule has 0 spiro atoms. The van der Waals surface area contributed by atoms with E-state index in [4.69, 9.17) is 0 Å². The van der Waals surface area contributed by atoms with E-state index < -0.39 is 23.6 Å². The molecule has 2 rings (SSSR count). The minimum atomic E-state index is -4.71. The van der Waals surface area contributed by atoms with Gasteiger partial charge in [0.25, 0.3) is 0 Å². The zero-order valence-corrected chi connectivity index (χ0v) is 8.52. The molecule has 7 heteroatoms. The summed E-state index contributed by atoms with van der Waals surface area (Å²) in [6.45, 7) is 0. The van der Waals surface area contributed by atoms with Gasteiger partial charge in [-0.25, -0.2) is 4.98 Å². The monoisotopic (exact) mass is 264 g/mol. The Hall–Kier alpha value is -1.79. The SMILES string of the molecule is FC(F)(F)c1ccc2[c]cc(C(F)(F)F)nc2c1. The molecule has 1 aromatic carbocycles. The topological polar surface area (TPSA) is 12.9 Å². The van der Waals surface area contributed by atoms with Crippen LogP contribution >= 0.6 is 0 Å². The predicted octanol–water partition coefficient (Wildman–Crippen LogP) is 4.07. The van der Waals surface area contributed by atoms with Crippen LogP contribution < -0.4 is 0 Å². The lowest BCUT2D eigenvalue weighted by molar-refractivity contribution is -0.141. The lowest BCUT2D eigenvalue weighted by atomic mass is 10.1. The van der Waals surface area contributed by atoms with Gasteiger partial charge in [0, 0.05) is 5.39 Å². The van der Waals surface area contributed by atoms with E-state index in [1.54, 1.807) is 0 Å². The highest BCUT2D eigenvalue weighted by Gasteiger charge is 2.33. The summed E-state index contributed by atoms with van der Waals surface area (Å²) in [5.41, 5.74) is -2.70. The van der Waals surface area contributed by atoms with Gasteiger partial charge in [-0.2, -0.15) is 26.3 Å². The maximum absolute atomic E-state index is 12.4. The summed E-state index contributed by atoms with van der Waals surface area (Å²) in [7, 11) is 0. The minimum absolute atomic E-state index is 0.0935. The quantitative estimate of drug-likeness (QED) is 0.653. The number of halogens is 6. The number of hydrogen-bond donors (Lipinski definition) is 0. The van der Waals surface area contributed by atoms with E-state index in [0.717, 1.165) is 12.1 Å². The fourth-order valence-electron chi connectivity index (χ4n) is 1.38. The van der Waals surface area contributed by atoms with Crippen molar-refractivity contribution in [3.63, 3.8) is 0 Å². The molecular weight excluding hydrogens is 260 g/mol. The molecule has 1 radical (unpaired) electrons. The molecule has 0 aliphatic carbocycles. The number of nitrogens with zero attached hydrogens (tertiary/aromatic N) is 1. The van der Waals surface area contributed by atoms with Gasteiger partial charge in [-0.15, -0.1) is 0 Å². The zero-order chi connectivity index (χ0) is 13.6. The molecule has 1 aromatic heterocycles. The van der Waals surface area contributed by atoms with Gasteiger partial charge in [-0.1, -0.05) is 6.07 Å². The molecular formula is C11H4F6N. The highest BCUT2D eigenvalue weighted by atomic mass is 19.4. The zero-order valence-electron chi connectivity index (χ0n) is 8.52. The summed E-state index contributed by atoms with van der Waals surface area (Å²) in [6, 6.07) is 5.24. The fraction of sp³-hybridized carbons (Fsp3) is 0.182. The Morgan fingerprint density at radius 1 is 0.944 bits per heavy atom. The van der Waals surface area contributed by atoms with Gasteiger partial charge in [0.2, 0.25) is 0 Å². The van der Waals surface area contributed by atoms with E-state index in [0.29, 0.717) is 12.1 Å². The molecule has 0 amide bonds. The third-order valence-electron chi connectivity index (χ3n) is 2.22. The van der Waals surface area contributed by atoms with E-state index in [9.17, 15) is 26.3 Å². The summed E-state index contributed by atoms with van der Waals surface area (Å²) < 4.78 is 74.2.